The maximum absolute atomic E-state index is 12.1. The first kappa shape index (κ1) is 16.3. The van der Waals surface area contributed by atoms with E-state index in [4.69, 9.17) is 14.2 Å². The van der Waals surface area contributed by atoms with Gasteiger partial charge >= 0.3 is 5.97 Å². The quantitative estimate of drug-likeness (QED) is 0.777. The molecule has 0 bridgehead atoms. The zero-order valence-electron chi connectivity index (χ0n) is 12.7. The predicted molar refractivity (Wildman–Crippen MR) is 77.2 cm³/mol. The average Bonchev–Trinajstić information content (AvgIpc) is 2.44. The third-order valence-corrected chi connectivity index (χ3v) is 2.77. The molecule has 0 aliphatic carbocycles. The predicted octanol–water partition coefficient (Wildman–Crippen LogP) is 2.31. The van der Waals surface area contributed by atoms with Gasteiger partial charge in [-0.05, 0) is 32.9 Å². The molecule has 5 heteroatoms. The summed E-state index contributed by atoms with van der Waals surface area (Å²) in [4.78, 5) is 12.1. The van der Waals surface area contributed by atoms with Crippen LogP contribution in [-0.2, 0) is 9.53 Å². The number of rotatable bonds is 7. The molecular weight excluding hydrogens is 258 g/mol. The molecule has 0 spiro atoms. The van der Waals surface area contributed by atoms with Crippen LogP contribution >= 0.6 is 0 Å². The summed E-state index contributed by atoms with van der Waals surface area (Å²) in [5.74, 6) is 0.956. The molecule has 0 radical (unpaired) electrons. The van der Waals surface area contributed by atoms with Gasteiger partial charge in [-0.15, -0.1) is 0 Å². The molecule has 1 unspecified atom stereocenters. The molecule has 0 aliphatic rings. The smallest absolute Gasteiger partial charge is 0.327 e. The van der Waals surface area contributed by atoms with Gasteiger partial charge in [0, 0.05) is 17.7 Å². The van der Waals surface area contributed by atoms with E-state index in [1.165, 1.54) is 0 Å². The first-order chi connectivity index (χ1) is 9.53. The Bertz CT molecular complexity index is 445. The Labute approximate surface area is 120 Å². The van der Waals surface area contributed by atoms with E-state index in [0.717, 1.165) is 5.56 Å². The molecule has 1 atom stereocenters. The number of carbonyl (C=O) groups excluding carboxylic acids is 1. The molecule has 0 amide bonds. The number of esters is 1. The lowest BCUT2D eigenvalue weighted by molar-refractivity contribution is -0.146. The number of hydrogen-bond acceptors (Lipinski definition) is 5. The summed E-state index contributed by atoms with van der Waals surface area (Å²) >= 11 is 0. The van der Waals surface area contributed by atoms with Crippen molar-refractivity contribution in [1.29, 1.82) is 0 Å². The minimum Gasteiger partial charge on any atom is -0.497 e. The van der Waals surface area contributed by atoms with Crippen molar-refractivity contribution in [1.82, 2.24) is 5.32 Å². The minimum absolute atomic E-state index is 0.135. The Hall–Kier alpha value is -1.75. The van der Waals surface area contributed by atoms with Crippen LogP contribution in [0.5, 0.6) is 11.5 Å². The highest BCUT2D eigenvalue weighted by atomic mass is 16.5. The van der Waals surface area contributed by atoms with Gasteiger partial charge in [-0.2, -0.15) is 0 Å². The number of nitrogens with one attached hydrogen (secondary N) is 1. The fraction of sp³-hybridized carbons (Fsp3) is 0.533. The van der Waals surface area contributed by atoms with Crippen LogP contribution in [0, 0.1) is 0 Å². The van der Waals surface area contributed by atoms with Gasteiger partial charge in [0.1, 0.15) is 17.5 Å². The Morgan fingerprint density at radius 1 is 1.25 bits per heavy atom. The van der Waals surface area contributed by atoms with Crippen molar-refractivity contribution >= 4 is 5.97 Å². The monoisotopic (exact) mass is 281 g/mol. The molecular formula is C15H23NO4. The normalized spacial score (nSPS) is 12.1. The number of benzene rings is 1. The number of methoxy groups -OCH3 is 2. The number of hydrogen-bond donors (Lipinski definition) is 1. The van der Waals surface area contributed by atoms with Crippen LogP contribution in [0.3, 0.4) is 0 Å². The molecule has 0 aliphatic heterocycles. The minimum atomic E-state index is -0.559. The van der Waals surface area contributed by atoms with Gasteiger partial charge in [0.05, 0.1) is 20.8 Å². The summed E-state index contributed by atoms with van der Waals surface area (Å²) in [5, 5.41) is 3.20. The van der Waals surface area contributed by atoms with Gasteiger partial charge in [0.25, 0.3) is 0 Å². The Morgan fingerprint density at radius 2 is 1.95 bits per heavy atom. The van der Waals surface area contributed by atoms with E-state index < -0.39 is 6.04 Å². The van der Waals surface area contributed by atoms with Crippen LogP contribution in [0.25, 0.3) is 0 Å². The van der Waals surface area contributed by atoms with Crippen molar-refractivity contribution in [2.75, 3.05) is 20.8 Å². The zero-order chi connectivity index (χ0) is 15.1. The molecule has 0 aromatic heterocycles. The Kier molecular flexibility index (Phi) is 6.31. The zero-order valence-corrected chi connectivity index (χ0v) is 12.7. The molecule has 0 saturated heterocycles. The second-order valence-electron chi connectivity index (χ2n) is 4.61. The van der Waals surface area contributed by atoms with E-state index in [2.05, 4.69) is 5.32 Å². The summed E-state index contributed by atoms with van der Waals surface area (Å²) in [6.45, 7) is 6.08. The average molecular weight is 281 g/mol. The fourth-order valence-electron chi connectivity index (χ4n) is 1.90. The van der Waals surface area contributed by atoms with Gasteiger partial charge in [-0.1, -0.05) is 0 Å². The van der Waals surface area contributed by atoms with Crippen molar-refractivity contribution < 1.29 is 19.0 Å². The van der Waals surface area contributed by atoms with Crippen molar-refractivity contribution in [3.63, 3.8) is 0 Å². The van der Waals surface area contributed by atoms with E-state index >= 15 is 0 Å². The molecule has 0 heterocycles. The first-order valence-electron chi connectivity index (χ1n) is 6.68. The lowest BCUT2D eigenvalue weighted by atomic mass is 10.0. The molecule has 112 valence electrons. The van der Waals surface area contributed by atoms with E-state index in [-0.39, 0.29) is 12.0 Å². The topological polar surface area (TPSA) is 56.8 Å². The molecule has 0 fully saturated rings. The van der Waals surface area contributed by atoms with Gasteiger partial charge in [0.15, 0.2) is 0 Å². The lowest BCUT2D eigenvalue weighted by Crippen LogP contribution is -2.35. The second kappa shape index (κ2) is 7.75. The van der Waals surface area contributed by atoms with Crippen LogP contribution in [0.2, 0.25) is 0 Å². The van der Waals surface area contributed by atoms with Gasteiger partial charge in [-0.25, -0.2) is 4.79 Å². The van der Waals surface area contributed by atoms with Crippen molar-refractivity contribution in [2.24, 2.45) is 0 Å². The highest BCUT2D eigenvalue weighted by Crippen LogP contribution is 2.30. The maximum atomic E-state index is 12.1. The molecule has 1 aromatic carbocycles. The number of ether oxygens (including phenoxy) is 3. The van der Waals surface area contributed by atoms with Gasteiger partial charge in [0.2, 0.25) is 0 Å². The second-order valence-corrected chi connectivity index (χ2v) is 4.61. The molecule has 0 saturated carbocycles. The molecule has 1 aromatic rings. The standard InChI is InChI=1S/C15H23NO4/c1-6-20-15(17)14(16-10(2)3)12-8-7-11(18-4)9-13(12)19-5/h7-10,14,16H,6H2,1-5H3. The highest BCUT2D eigenvalue weighted by Gasteiger charge is 2.26. The van der Waals surface area contributed by atoms with Crippen LogP contribution in [0.4, 0.5) is 0 Å². The van der Waals surface area contributed by atoms with Crippen LogP contribution < -0.4 is 14.8 Å². The molecule has 1 rings (SSSR count). The Balaban J connectivity index is 3.15. The summed E-state index contributed by atoms with van der Waals surface area (Å²) in [7, 11) is 3.15. The Morgan fingerprint density at radius 3 is 2.45 bits per heavy atom. The van der Waals surface area contributed by atoms with Gasteiger partial charge in [-0.3, -0.25) is 5.32 Å². The maximum Gasteiger partial charge on any atom is 0.327 e. The van der Waals surface area contributed by atoms with Crippen LogP contribution in [0.15, 0.2) is 18.2 Å². The highest BCUT2D eigenvalue weighted by molar-refractivity contribution is 5.79. The van der Waals surface area contributed by atoms with E-state index in [1.807, 2.05) is 19.9 Å². The van der Waals surface area contributed by atoms with Crippen molar-refractivity contribution in [3.05, 3.63) is 23.8 Å². The number of carbonyl (C=O) groups is 1. The summed E-state index contributed by atoms with van der Waals surface area (Å²) in [5.41, 5.74) is 0.737. The van der Waals surface area contributed by atoms with E-state index in [1.54, 1.807) is 33.3 Å². The third-order valence-electron chi connectivity index (χ3n) is 2.77. The first-order valence-corrected chi connectivity index (χ1v) is 6.68. The van der Waals surface area contributed by atoms with E-state index in [9.17, 15) is 4.79 Å². The SMILES string of the molecule is CCOC(=O)C(NC(C)C)c1ccc(OC)cc1OC. The summed E-state index contributed by atoms with van der Waals surface area (Å²) in [6, 6.07) is 4.94. The molecule has 5 nitrogen and oxygen atoms in total. The summed E-state index contributed by atoms with van der Waals surface area (Å²) < 4.78 is 15.6. The largest absolute Gasteiger partial charge is 0.497 e. The molecule has 1 N–H and O–H groups in total. The van der Waals surface area contributed by atoms with Crippen molar-refractivity contribution in [3.8, 4) is 11.5 Å². The fourth-order valence-corrected chi connectivity index (χ4v) is 1.90. The lowest BCUT2D eigenvalue weighted by Gasteiger charge is -2.22. The van der Waals surface area contributed by atoms with Crippen molar-refractivity contribution in [2.45, 2.75) is 32.9 Å². The van der Waals surface area contributed by atoms with Crippen LogP contribution in [0.1, 0.15) is 32.4 Å². The molecule has 20 heavy (non-hydrogen) atoms. The van der Waals surface area contributed by atoms with Crippen LogP contribution in [-0.4, -0.2) is 32.8 Å². The van der Waals surface area contributed by atoms with E-state index in [0.29, 0.717) is 18.1 Å². The summed E-state index contributed by atoms with van der Waals surface area (Å²) in [6.07, 6.45) is 0. The third kappa shape index (κ3) is 4.13. The van der Waals surface area contributed by atoms with Gasteiger partial charge < -0.3 is 14.2 Å².